The van der Waals surface area contributed by atoms with Crippen LogP contribution in [0.3, 0.4) is 0 Å². The van der Waals surface area contributed by atoms with E-state index < -0.39 is 17.8 Å². The van der Waals surface area contributed by atoms with E-state index >= 15 is 0 Å². The Morgan fingerprint density at radius 2 is 1.93 bits per heavy atom. The van der Waals surface area contributed by atoms with Crippen molar-refractivity contribution < 1.29 is 22.7 Å². The third kappa shape index (κ3) is 3.60. The van der Waals surface area contributed by atoms with Gasteiger partial charge in [0, 0.05) is 25.7 Å². The smallest absolute Gasteiger partial charge is 0.418 e. The van der Waals surface area contributed by atoms with Crippen LogP contribution in [-0.2, 0) is 6.18 Å². The van der Waals surface area contributed by atoms with Gasteiger partial charge in [0.2, 0.25) is 0 Å². The average molecular weight is 464 g/mol. The van der Waals surface area contributed by atoms with Crippen molar-refractivity contribution in [2.75, 3.05) is 32.1 Å². The van der Waals surface area contributed by atoms with Gasteiger partial charge in [0.15, 0.2) is 0 Å². The summed E-state index contributed by atoms with van der Waals surface area (Å²) >= 11 is 9.58. The van der Waals surface area contributed by atoms with Crippen LogP contribution in [0.25, 0.3) is 11.1 Å². The lowest BCUT2D eigenvalue weighted by Crippen LogP contribution is -2.31. The van der Waals surface area contributed by atoms with Crippen LogP contribution < -0.4 is 9.64 Å². The quantitative estimate of drug-likeness (QED) is 0.588. The van der Waals surface area contributed by atoms with Gasteiger partial charge in [-0.3, -0.25) is 4.90 Å². The molecule has 1 heterocycles. The van der Waals surface area contributed by atoms with Gasteiger partial charge >= 0.3 is 12.2 Å². The van der Waals surface area contributed by atoms with E-state index in [0.29, 0.717) is 22.3 Å². The number of hydrogen-bond acceptors (Lipinski definition) is 2. The molecule has 0 radical (unpaired) electrons. The molecular formula is C18H15BrClF3N2O2. The Balaban J connectivity index is 2.23. The van der Waals surface area contributed by atoms with Gasteiger partial charge in [0.1, 0.15) is 5.75 Å². The lowest BCUT2D eigenvalue weighted by molar-refractivity contribution is -0.137. The summed E-state index contributed by atoms with van der Waals surface area (Å²) in [5.74, 6) is 0.395. The third-order valence-electron chi connectivity index (χ3n) is 4.34. The fourth-order valence-corrected chi connectivity index (χ4v) is 3.89. The van der Waals surface area contributed by atoms with Gasteiger partial charge in [-0.2, -0.15) is 13.2 Å². The molecular weight excluding hydrogens is 449 g/mol. The zero-order valence-electron chi connectivity index (χ0n) is 14.4. The van der Waals surface area contributed by atoms with Crippen LogP contribution in [0, 0.1) is 0 Å². The number of amides is 2. The SMILES string of the molecule is COc1c(Br)cccc1-c1cc(Cl)c(N2CCN(C)C2=O)c(C(F)(F)F)c1. The van der Waals surface area contributed by atoms with Crippen molar-refractivity contribution in [3.05, 3.63) is 45.4 Å². The molecule has 1 saturated heterocycles. The Morgan fingerprint density at radius 3 is 2.48 bits per heavy atom. The van der Waals surface area contributed by atoms with Crippen molar-refractivity contribution in [1.82, 2.24) is 4.90 Å². The van der Waals surface area contributed by atoms with E-state index in [1.54, 1.807) is 18.2 Å². The van der Waals surface area contributed by atoms with Crippen LogP contribution in [0.2, 0.25) is 5.02 Å². The molecule has 9 heteroatoms. The fraction of sp³-hybridized carbons (Fsp3) is 0.278. The summed E-state index contributed by atoms with van der Waals surface area (Å²) in [5.41, 5.74) is -0.586. The Bertz CT molecular complexity index is 905. The number of methoxy groups -OCH3 is 1. The monoisotopic (exact) mass is 462 g/mol. The molecule has 1 aliphatic rings. The molecule has 0 aliphatic carbocycles. The van der Waals surface area contributed by atoms with E-state index in [4.69, 9.17) is 16.3 Å². The van der Waals surface area contributed by atoms with Gasteiger partial charge in [-0.1, -0.05) is 23.7 Å². The summed E-state index contributed by atoms with van der Waals surface area (Å²) in [5, 5.41) is -0.148. The number of benzene rings is 2. The number of carbonyl (C=O) groups is 1. The molecule has 1 aliphatic heterocycles. The maximum absolute atomic E-state index is 13.8. The summed E-state index contributed by atoms with van der Waals surface area (Å²) in [6.07, 6.45) is -4.68. The molecule has 144 valence electrons. The maximum Gasteiger partial charge on any atom is 0.418 e. The number of urea groups is 1. The van der Waals surface area contributed by atoms with Gasteiger partial charge in [0.05, 0.1) is 27.9 Å². The molecule has 27 heavy (non-hydrogen) atoms. The minimum absolute atomic E-state index is 0.137. The van der Waals surface area contributed by atoms with Gasteiger partial charge < -0.3 is 9.64 Å². The summed E-state index contributed by atoms with van der Waals surface area (Å²) in [4.78, 5) is 14.6. The predicted octanol–water partition coefficient (Wildman–Crippen LogP) is 5.67. The Hall–Kier alpha value is -1.93. The second-order valence-corrected chi connectivity index (χ2v) is 7.29. The van der Waals surface area contributed by atoms with Crippen LogP contribution in [0.1, 0.15) is 5.56 Å². The molecule has 0 spiro atoms. The van der Waals surface area contributed by atoms with Crippen molar-refractivity contribution >= 4 is 39.2 Å². The molecule has 2 aromatic carbocycles. The number of rotatable bonds is 3. The first kappa shape index (κ1) is 19.8. The number of carbonyl (C=O) groups excluding carboxylic acids is 1. The van der Waals surface area contributed by atoms with Crippen LogP contribution in [0.5, 0.6) is 5.75 Å². The van der Waals surface area contributed by atoms with E-state index in [-0.39, 0.29) is 22.8 Å². The molecule has 0 aromatic heterocycles. The van der Waals surface area contributed by atoms with E-state index in [1.165, 1.54) is 25.1 Å². The summed E-state index contributed by atoms with van der Waals surface area (Å²) in [7, 11) is 2.97. The molecule has 3 rings (SSSR count). The number of likely N-dealkylation sites (N-methyl/N-ethyl adjacent to an activating group) is 1. The minimum atomic E-state index is -4.68. The molecule has 0 unspecified atom stereocenters. The van der Waals surface area contributed by atoms with E-state index in [1.807, 2.05) is 0 Å². The highest BCUT2D eigenvalue weighted by Crippen LogP contribution is 2.46. The van der Waals surface area contributed by atoms with Crippen molar-refractivity contribution in [1.29, 1.82) is 0 Å². The van der Waals surface area contributed by atoms with Crippen molar-refractivity contribution in [2.24, 2.45) is 0 Å². The number of nitrogens with zero attached hydrogens (tertiary/aromatic N) is 2. The van der Waals surface area contributed by atoms with Gasteiger partial charge in [-0.25, -0.2) is 4.79 Å². The number of hydrogen-bond donors (Lipinski definition) is 0. The second kappa shape index (κ2) is 7.24. The highest BCUT2D eigenvalue weighted by atomic mass is 79.9. The first-order valence-electron chi connectivity index (χ1n) is 7.91. The topological polar surface area (TPSA) is 32.8 Å². The van der Waals surface area contributed by atoms with Crippen LogP contribution in [0.4, 0.5) is 23.7 Å². The Labute approximate surface area is 167 Å². The van der Waals surface area contributed by atoms with Gasteiger partial charge in [-0.05, 0) is 39.7 Å². The Morgan fingerprint density at radius 1 is 1.22 bits per heavy atom. The maximum atomic E-state index is 13.8. The molecule has 4 nitrogen and oxygen atoms in total. The third-order valence-corrected chi connectivity index (χ3v) is 5.25. The standard InChI is InChI=1S/C18H15BrClF3N2O2/c1-24-6-7-25(17(24)26)15-12(18(21,22)23)8-10(9-14(15)20)11-4-3-5-13(19)16(11)27-2/h3-5,8-9H,6-7H2,1-2H3. The van der Waals surface area contributed by atoms with Gasteiger partial charge in [0.25, 0.3) is 0 Å². The van der Waals surface area contributed by atoms with E-state index in [0.717, 1.165) is 11.0 Å². The molecule has 0 saturated carbocycles. The molecule has 0 N–H and O–H groups in total. The van der Waals surface area contributed by atoms with Crippen molar-refractivity contribution in [3.63, 3.8) is 0 Å². The summed E-state index contributed by atoms with van der Waals surface area (Å²) < 4.78 is 47.4. The molecule has 2 aromatic rings. The Kier molecular flexibility index (Phi) is 5.31. The van der Waals surface area contributed by atoms with E-state index in [2.05, 4.69) is 15.9 Å². The van der Waals surface area contributed by atoms with Crippen LogP contribution in [-0.4, -0.2) is 38.2 Å². The number of anilines is 1. The number of halogens is 5. The van der Waals surface area contributed by atoms with Crippen molar-refractivity contribution in [3.8, 4) is 16.9 Å². The lowest BCUT2D eigenvalue weighted by Gasteiger charge is -2.24. The first-order valence-corrected chi connectivity index (χ1v) is 9.08. The predicted molar refractivity (Wildman–Crippen MR) is 102 cm³/mol. The van der Waals surface area contributed by atoms with Crippen LogP contribution >= 0.6 is 27.5 Å². The highest BCUT2D eigenvalue weighted by Gasteiger charge is 2.40. The lowest BCUT2D eigenvalue weighted by atomic mass is 10.00. The first-order chi connectivity index (χ1) is 12.6. The van der Waals surface area contributed by atoms with Crippen molar-refractivity contribution in [2.45, 2.75) is 6.18 Å². The average Bonchev–Trinajstić information content (AvgIpc) is 2.92. The number of para-hydroxylation sites is 1. The molecule has 2 amide bonds. The highest BCUT2D eigenvalue weighted by molar-refractivity contribution is 9.10. The summed E-state index contributed by atoms with van der Waals surface area (Å²) in [6.45, 7) is 0.464. The minimum Gasteiger partial charge on any atom is -0.495 e. The van der Waals surface area contributed by atoms with Crippen LogP contribution in [0.15, 0.2) is 34.8 Å². The second-order valence-electron chi connectivity index (χ2n) is 6.03. The number of alkyl halides is 3. The molecule has 1 fully saturated rings. The normalized spacial score (nSPS) is 14.9. The number of ether oxygens (including phenoxy) is 1. The van der Waals surface area contributed by atoms with E-state index in [9.17, 15) is 18.0 Å². The zero-order valence-corrected chi connectivity index (χ0v) is 16.7. The zero-order chi connectivity index (χ0) is 19.9. The summed E-state index contributed by atoms with van der Waals surface area (Å²) in [6, 6.07) is 6.95. The van der Waals surface area contributed by atoms with Gasteiger partial charge in [-0.15, -0.1) is 0 Å². The fourth-order valence-electron chi connectivity index (χ4n) is 3.04. The molecule has 0 bridgehead atoms. The largest absolute Gasteiger partial charge is 0.495 e. The molecule has 0 atom stereocenters.